The molecule has 1 atom stereocenters. The topological polar surface area (TPSA) is 118 Å². The molecule has 2 aliphatic rings. The van der Waals surface area contributed by atoms with Gasteiger partial charge in [0.1, 0.15) is 0 Å². The molecular weight excluding hydrogens is 284 g/mol. The highest BCUT2D eigenvalue weighted by Gasteiger charge is 2.44. The van der Waals surface area contributed by atoms with E-state index in [4.69, 9.17) is 10.8 Å². The molecule has 2 rings (SSSR count). The van der Waals surface area contributed by atoms with Crippen LogP contribution in [0.15, 0.2) is 0 Å². The van der Waals surface area contributed by atoms with Crippen molar-refractivity contribution in [3.63, 3.8) is 0 Å². The summed E-state index contributed by atoms with van der Waals surface area (Å²) in [6.07, 6.45) is 2.54. The number of nitrogens with two attached hydrogens (primary N) is 1. The summed E-state index contributed by atoms with van der Waals surface area (Å²) in [5.41, 5.74) is 5.16. The van der Waals surface area contributed by atoms with Gasteiger partial charge in [0.25, 0.3) is 0 Å². The Hall–Kier alpha value is -1.15. The van der Waals surface area contributed by atoms with Gasteiger partial charge >= 0.3 is 5.97 Å². The summed E-state index contributed by atoms with van der Waals surface area (Å²) in [7, 11) is -3.29. The molecule has 0 bridgehead atoms. The molecule has 0 spiro atoms. The Kier molecular flexibility index (Phi) is 4.06. The van der Waals surface area contributed by atoms with E-state index in [2.05, 4.69) is 0 Å². The van der Waals surface area contributed by atoms with E-state index in [0.717, 1.165) is 12.8 Å². The van der Waals surface area contributed by atoms with Gasteiger partial charge in [-0.25, -0.2) is 8.42 Å². The molecule has 3 N–H and O–H groups in total. The van der Waals surface area contributed by atoms with Gasteiger partial charge in [-0.1, -0.05) is 12.8 Å². The van der Waals surface area contributed by atoms with E-state index in [1.807, 2.05) is 0 Å². The molecule has 1 amide bonds. The molecule has 1 aliphatic carbocycles. The number of carboxylic acids is 1. The van der Waals surface area contributed by atoms with Crippen LogP contribution < -0.4 is 5.73 Å². The second-order valence-corrected chi connectivity index (χ2v) is 7.96. The van der Waals surface area contributed by atoms with Gasteiger partial charge in [0, 0.05) is 6.54 Å². The summed E-state index contributed by atoms with van der Waals surface area (Å²) >= 11 is 0. The minimum Gasteiger partial charge on any atom is -0.481 e. The molecule has 0 aromatic rings. The first kappa shape index (κ1) is 15.2. The molecule has 20 heavy (non-hydrogen) atoms. The monoisotopic (exact) mass is 304 g/mol. The first-order valence-electron chi connectivity index (χ1n) is 6.76. The summed E-state index contributed by atoms with van der Waals surface area (Å²) in [6, 6.07) is -0.806. The van der Waals surface area contributed by atoms with Crippen LogP contribution in [0.1, 0.15) is 32.1 Å². The number of carboxylic acid groups (broad SMARTS) is 1. The maximum Gasteiger partial charge on any atom is 0.305 e. The van der Waals surface area contributed by atoms with Gasteiger partial charge in [-0.15, -0.1) is 0 Å². The predicted octanol–water partition coefficient (Wildman–Crippen LogP) is -0.642. The number of carbonyl (C=O) groups is 2. The molecule has 0 radical (unpaired) electrons. The third-order valence-electron chi connectivity index (χ3n) is 4.12. The standard InChI is InChI=1S/C12H20N2O5S/c13-12(3-1-2-4-12)11(17)14-5-6-20(18,19)8-9(14)7-10(15)16/h9H,1-8,13H2,(H,15,16). The number of carbonyl (C=O) groups excluding carboxylic acids is 1. The van der Waals surface area contributed by atoms with Crippen molar-refractivity contribution in [1.29, 1.82) is 0 Å². The zero-order valence-electron chi connectivity index (χ0n) is 11.2. The van der Waals surface area contributed by atoms with E-state index in [1.165, 1.54) is 4.90 Å². The highest BCUT2D eigenvalue weighted by atomic mass is 32.2. The Morgan fingerprint density at radius 3 is 2.45 bits per heavy atom. The fourth-order valence-corrected chi connectivity index (χ4v) is 4.56. The van der Waals surface area contributed by atoms with Crippen molar-refractivity contribution in [2.45, 2.75) is 43.7 Å². The van der Waals surface area contributed by atoms with E-state index in [0.29, 0.717) is 12.8 Å². The van der Waals surface area contributed by atoms with Gasteiger partial charge in [0.15, 0.2) is 9.84 Å². The quantitative estimate of drug-likeness (QED) is 0.716. The number of hydrogen-bond donors (Lipinski definition) is 2. The third kappa shape index (κ3) is 3.12. The Bertz CT molecular complexity index is 510. The molecule has 114 valence electrons. The first-order chi connectivity index (χ1) is 9.23. The molecule has 8 heteroatoms. The lowest BCUT2D eigenvalue weighted by molar-refractivity contribution is -0.142. The molecule has 1 unspecified atom stereocenters. The van der Waals surface area contributed by atoms with Crippen molar-refractivity contribution < 1.29 is 23.1 Å². The van der Waals surface area contributed by atoms with Crippen molar-refractivity contribution in [2.24, 2.45) is 5.73 Å². The second kappa shape index (κ2) is 5.33. The summed E-state index contributed by atoms with van der Waals surface area (Å²) in [4.78, 5) is 24.8. The summed E-state index contributed by atoms with van der Waals surface area (Å²) in [6.45, 7) is 0.0397. The maximum absolute atomic E-state index is 12.5. The molecular formula is C12H20N2O5S. The maximum atomic E-state index is 12.5. The number of rotatable bonds is 3. The molecule has 1 aliphatic heterocycles. The Balaban J connectivity index is 2.19. The SMILES string of the molecule is NC1(C(=O)N2CCS(=O)(=O)CC2CC(=O)O)CCCC1. The largest absolute Gasteiger partial charge is 0.481 e. The van der Waals surface area contributed by atoms with Gasteiger partial charge in [-0.3, -0.25) is 9.59 Å². The molecule has 1 saturated carbocycles. The summed E-state index contributed by atoms with van der Waals surface area (Å²) in [5, 5.41) is 8.90. The van der Waals surface area contributed by atoms with Crippen LogP contribution in [0.25, 0.3) is 0 Å². The first-order valence-corrected chi connectivity index (χ1v) is 8.58. The van der Waals surface area contributed by atoms with E-state index in [1.54, 1.807) is 0 Å². The molecule has 1 heterocycles. The van der Waals surface area contributed by atoms with Crippen LogP contribution >= 0.6 is 0 Å². The fourth-order valence-electron chi connectivity index (χ4n) is 3.03. The highest BCUT2D eigenvalue weighted by Crippen LogP contribution is 2.31. The van der Waals surface area contributed by atoms with Gasteiger partial charge in [0.2, 0.25) is 5.91 Å². The smallest absolute Gasteiger partial charge is 0.305 e. The lowest BCUT2D eigenvalue weighted by atomic mass is 9.96. The number of sulfone groups is 1. The Morgan fingerprint density at radius 1 is 1.30 bits per heavy atom. The van der Waals surface area contributed by atoms with E-state index in [9.17, 15) is 18.0 Å². The van der Waals surface area contributed by atoms with Crippen LogP contribution in [0.5, 0.6) is 0 Å². The van der Waals surface area contributed by atoms with Crippen molar-refractivity contribution >= 4 is 21.7 Å². The Morgan fingerprint density at radius 2 is 1.90 bits per heavy atom. The molecule has 0 aromatic heterocycles. The van der Waals surface area contributed by atoms with Gasteiger partial charge in [-0.2, -0.15) is 0 Å². The van der Waals surface area contributed by atoms with Crippen LogP contribution in [-0.4, -0.2) is 59.9 Å². The summed E-state index contributed by atoms with van der Waals surface area (Å²) < 4.78 is 23.3. The van der Waals surface area contributed by atoms with Gasteiger partial charge in [-0.05, 0) is 12.8 Å². The highest BCUT2D eigenvalue weighted by molar-refractivity contribution is 7.91. The zero-order valence-corrected chi connectivity index (χ0v) is 12.1. The van der Waals surface area contributed by atoms with Gasteiger partial charge in [0.05, 0.1) is 29.5 Å². The van der Waals surface area contributed by atoms with Crippen LogP contribution in [0.4, 0.5) is 0 Å². The average molecular weight is 304 g/mol. The second-order valence-electron chi connectivity index (χ2n) is 5.73. The van der Waals surface area contributed by atoms with Gasteiger partial charge < -0.3 is 15.7 Å². The van der Waals surface area contributed by atoms with Crippen LogP contribution in [0, 0.1) is 0 Å². The minimum absolute atomic E-state index is 0.0397. The Labute approximate surface area is 118 Å². The number of nitrogens with zero attached hydrogens (tertiary/aromatic N) is 1. The normalized spacial score (nSPS) is 28.2. The van der Waals surface area contributed by atoms with Crippen molar-refractivity contribution in [1.82, 2.24) is 4.90 Å². The lowest BCUT2D eigenvalue weighted by Gasteiger charge is -2.39. The zero-order chi connectivity index (χ0) is 15.0. The molecule has 7 nitrogen and oxygen atoms in total. The fraction of sp³-hybridized carbons (Fsp3) is 0.833. The average Bonchev–Trinajstić information content (AvgIpc) is 2.75. The predicted molar refractivity (Wildman–Crippen MR) is 71.8 cm³/mol. The van der Waals surface area contributed by atoms with E-state index < -0.39 is 27.4 Å². The number of aliphatic carboxylic acids is 1. The third-order valence-corrected chi connectivity index (χ3v) is 5.82. The van der Waals surface area contributed by atoms with Crippen LogP contribution in [0.3, 0.4) is 0 Å². The molecule has 2 fully saturated rings. The number of hydrogen-bond acceptors (Lipinski definition) is 5. The van der Waals surface area contributed by atoms with Crippen molar-refractivity contribution in [2.75, 3.05) is 18.1 Å². The number of amides is 1. The van der Waals surface area contributed by atoms with Crippen molar-refractivity contribution in [3.8, 4) is 0 Å². The lowest BCUT2D eigenvalue weighted by Crippen LogP contribution is -2.60. The molecule has 0 aromatic carbocycles. The van der Waals surface area contributed by atoms with Crippen molar-refractivity contribution in [3.05, 3.63) is 0 Å². The van der Waals surface area contributed by atoms with E-state index in [-0.39, 0.29) is 30.4 Å². The molecule has 1 saturated heterocycles. The summed E-state index contributed by atoms with van der Waals surface area (Å²) in [5.74, 6) is -1.81. The van der Waals surface area contributed by atoms with Crippen LogP contribution in [-0.2, 0) is 19.4 Å². The van der Waals surface area contributed by atoms with Crippen LogP contribution in [0.2, 0.25) is 0 Å². The minimum atomic E-state index is -3.29. The van der Waals surface area contributed by atoms with E-state index >= 15 is 0 Å².